The standard InChI is InChI=1S/C18H13BrN4O2S/c1-25-14-4-2-3-12(9-14)15-10-26-18-21-17(22-23(15)18)20-16(24)11-5-7-13(19)8-6-11/h2-10H,1H3,(H,20,22,24). The number of aromatic nitrogens is 3. The summed E-state index contributed by atoms with van der Waals surface area (Å²) >= 11 is 4.81. The molecule has 0 aliphatic heterocycles. The second kappa shape index (κ2) is 6.89. The molecule has 8 heteroatoms. The van der Waals surface area contributed by atoms with Crippen LogP contribution in [0.2, 0.25) is 0 Å². The van der Waals surface area contributed by atoms with E-state index in [1.807, 2.05) is 41.8 Å². The van der Waals surface area contributed by atoms with Gasteiger partial charge in [-0.15, -0.1) is 16.4 Å². The lowest BCUT2D eigenvalue weighted by atomic mass is 10.2. The molecule has 6 nitrogen and oxygen atoms in total. The van der Waals surface area contributed by atoms with Gasteiger partial charge in [0.1, 0.15) is 5.75 Å². The van der Waals surface area contributed by atoms with Crippen molar-refractivity contribution in [3.8, 4) is 17.0 Å². The van der Waals surface area contributed by atoms with Gasteiger partial charge >= 0.3 is 0 Å². The van der Waals surface area contributed by atoms with Crippen molar-refractivity contribution in [2.24, 2.45) is 0 Å². The summed E-state index contributed by atoms with van der Waals surface area (Å²) in [5, 5.41) is 9.14. The highest BCUT2D eigenvalue weighted by Crippen LogP contribution is 2.28. The van der Waals surface area contributed by atoms with Gasteiger partial charge in [-0.2, -0.15) is 4.98 Å². The van der Waals surface area contributed by atoms with Gasteiger partial charge in [-0.1, -0.05) is 28.1 Å². The van der Waals surface area contributed by atoms with E-state index < -0.39 is 0 Å². The van der Waals surface area contributed by atoms with Crippen LogP contribution in [0, 0.1) is 0 Å². The number of hydrogen-bond donors (Lipinski definition) is 1. The van der Waals surface area contributed by atoms with E-state index in [9.17, 15) is 4.79 Å². The second-order valence-electron chi connectivity index (χ2n) is 5.44. The lowest BCUT2D eigenvalue weighted by Crippen LogP contribution is -2.13. The number of fused-ring (bicyclic) bond motifs is 1. The van der Waals surface area contributed by atoms with Crippen molar-refractivity contribution in [1.29, 1.82) is 0 Å². The van der Waals surface area contributed by atoms with E-state index in [1.165, 1.54) is 11.3 Å². The van der Waals surface area contributed by atoms with E-state index in [4.69, 9.17) is 4.74 Å². The number of anilines is 1. The highest BCUT2D eigenvalue weighted by Gasteiger charge is 2.14. The number of carbonyl (C=O) groups excluding carboxylic acids is 1. The van der Waals surface area contributed by atoms with Gasteiger partial charge in [0.15, 0.2) is 0 Å². The molecule has 0 radical (unpaired) electrons. The third-order valence-electron chi connectivity index (χ3n) is 3.78. The summed E-state index contributed by atoms with van der Waals surface area (Å²) in [6.07, 6.45) is 0. The molecule has 0 unspecified atom stereocenters. The number of halogens is 1. The second-order valence-corrected chi connectivity index (χ2v) is 7.20. The average Bonchev–Trinajstić information content (AvgIpc) is 3.22. The topological polar surface area (TPSA) is 68.5 Å². The Morgan fingerprint density at radius 3 is 2.81 bits per heavy atom. The van der Waals surface area contributed by atoms with Crippen molar-refractivity contribution in [2.45, 2.75) is 0 Å². The van der Waals surface area contributed by atoms with Crippen LogP contribution in [0.3, 0.4) is 0 Å². The van der Waals surface area contributed by atoms with Crippen LogP contribution in [0.1, 0.15) is 10.4 Å². The maximum Gasteiger partial charge on any atom is 0.258 e. The number of methoxy groups -OCH3 is 1. The van der Waals surface area contributed by atoms with Crippen LogP contribution in [0.5, 0.6) is 5.75 Å². The van der Waals surface area contributed by atoms with Crippen molar-refractivity contribution >= 4 is 44.1 Å². The quantitative estimate of drug-likeness (QED) is 0.520. The molecule has 1 N–H and O–H groups in total. The summed E-state index contributed by atoms with van der Waals surface area (Å²) in [6, 6.07) is 14.8. The number of benzene rings is 2. The van der Waals surface area contributed by atoms with Crippen molar-refractivity contribution in [2.75, 3.05) is 12.4 Å². The molecule has 4 rings (SSSR count). The lowest BCUT2D eigenvalue weighted by molar-refractivity contribution is 0.102. The number of hydrogen-bond acceptors (Lipinski definition) is 5. The minimum atomic E-state index is -0.251. The maximum absolute atomic E-state index is 12.3. The fourth-order valence-corrected chi connectivity index (χ4v) is 3.59. The molecule has 4 aromatic rings. The smallest absolute Gasteiger partial charge is 0.258 e. The largest absolute Gasteiger partial charge is 0.497 e. The van der Waals surface area contributed by atoms with Crippen LogP contribution in [0.15, 0.2) is 58.4 Å². The Labute approximate surface area is 161 Å². The van der Waals surface area contributed by atoms with Gasteiger partial charge in [-0.3, -0.25) is 10.1 Å². The fraction of sp³-hybridized carbons (Fsp3) is 0.0556. The Bertz CT molecular complexity index is 1090. The zero-order valence-electron chi connectivity index (χ0n) is 13.6. The average molecular weight is 429 g/mol. The number of rotatable bonds is 4. The molecule has 0 fully saturated rings. The third-order valence-corrected chi connectivity index (χ3v) is 5.12. The predicted molar refractivity (Wildman–Crippen MR) is 105 cm³/mol. The molecule has 0 saturated carbocycles. The van der Waals surface area contributed by atoms with Crippen LogP contribution in [-0.4, -0.2) is 27.6 Å². The van der Waals surface area contributed by atoms with E-state index in [-0.39, 0.29) is 11.9 Å². The zero-order valence-corrected chi connectivity index (χ0v) is 16.0. The molecule has 0 aliphatic rings. The molecule has 2 aromatic heterocycles. The first-order chi connectivity index (χ1) is 12.6. The molecule has 0 spiro atoms. The Hall–Kier alpha value is -2.71. The molecular formula is C18H13BrN4O2S. The lowest BCUT2D eigenvalue weighted by Gasteiger charge is -2.03. The summed E-state index contributed by atoms with van der Waals surface area (Å²) in [7, 11) is 1.63. The Morgan fingerprint density at radius 2 is 2.04 bits per heavy atom. The number of thiazole rings is 1. The van der Waals surface area contributed by atoms with Gasteiger partial charge in [0.2, 0.25) is 4.96 Å². The van der Waals surface area contributed by atoms with E-state index in [2.05, 4.69) is 31.3 Å². The van der Waals surface area contributed by atoms with E-state index in [0.717, 1.165) is 21.5 Å². The molecule has 0 saturated heterocycles. The number of ether oxygens (including phenoxy) is 1. The molecule has 26 heavy (non-hydrogen) atoms. The summed E-state index contributed by atoms with van der Waals surface area (Å²) in [4.78, 5) is 17.4. The molecule has 0 bridgehead atoms. The van der Waals surface area contributed by atoms with Gasteiger partial charge in [0, 0.05) is 21.0 Å². The Balaban J connectivity index is 1.63. The number of nitrogens with one attached hydrogen (secondary N) is 1. The number of nitrogens with zero attached hydrogens (tertiary/aromatic N) is 3. The minimum Gasteiger partial charge on any atom is -0.497 e. The van der Waals surface area contributed by atoms with Crippen molar-refractivity contribution in [3.05, 3.63) is 63.9 Å². The van der Waals surface area contributed by atoms with Gasteiger partial charge in [0.25, 0.3) is 11.9 Å². The van der Waals surface area contributed by atoms with E-state index in [1.54, 1.807) is 23.8 Å². The molecule has 130 valence electrons. The summed E-state index contributed by atoms with van der Waals surface area (Å²) in [6.45, 7) is 0. The summed E-state index contributed by atoms with van der Waals surface area (Å²) in [5.41, 5.74) is 2.39. The first-order valence-electron chi connectivity index (χ1n) is 7.69. The van der Waals surface area contributed by atoms with Crippen LogP contribution in [0.25, 0.3) is 16.2 Å². The Kier molecular flexibility index (Phi) is 4.44. The first-order valence-corrected chi connectivity index (χ1v) is 9.37. The van der Waals surface area contributed by atoms with Crippen LogP contribution >= 0.6 is 27.3 Å². The molecule has 2 heterocycles. The molecular weight excluding hydrogens is 416 g/mol. The summed E-state index contributed by atoms with van der Waals surface area (Å²) < 4.78 is 7.91. The molecule has 0 atom stereocenters. The SMILES string of the molecule is COc1cccc(-c2csc3nc(NC(=O)c4ccc(Br)cc4)nn23)c1. The predicted octanol–water partition coefficient (Wildman–Crippen LogP) is 4.48. The molecule has 0 aliphatic carbocycles. The maximum atomic E-state index is 12.3. The highest BCUT2D eigenvalue weighted by molar-refractivity contribution is 9.10. The number of carbonyl (C=O) groups is 1. The van der Waals surface area contributed by atoms with Gasteiger partial charge in [0.05, 0.1) is 12.8 Å². The molecule has 2 aromatic carbocycles. The zero-order chi connectivity index (χ0) is 18.1. The third kappa shape index (κ3) is 3.21. The Morgan fingerprint density at radius 1 is 1.23 bits per heavy atom. The summed E-state index contributed by atoms with van der Waals surface area (Å²) in [5.74, 6) is 0.790. The minimum absolute atomic E-state index is 0.251. The monoisotopic (exact) mass is 428 g/mol. The van der Waals surface area contributed by atoms with Crippen LogP contribution in [0.4, 0.5) is 5.95 Å². The normalized spacial score (nSPS) is 10.8. The van der Waals surface area contributed by atoms with E-state index in [0.29, 0.717) is 10.5 Å². The fourth-order valence-electron chi connectivity index (χ4n) is 2.49. The highest BCUT2D eigenvalue weighted by atomic mass is 79.9. The van der Waals surface area contributed by atoms with Gasteiger partial charge < -0.3 is 4.74 Å². The van der Waals surface area contributed by atoms with Gasteiger partial charge in [-0.25, -0.2) is 4.52 Å². The van der Waals surface area contributed by atoms with Crippen molar-refractivity contribution in [3.63, 3.8) is 0 Å². The van der Waals surface area contributed by atoms with Crippen LogP contribution in [-0.2, 0) is 0 Å². The van der Waals surface area contributed by atoms with Gasteiger partial charge in [-0.05, 0) is 36.4 Å². The van der Waals surface area contributed by atoms with Crippen LogP contribution < -0.4 is 10.1 Å². The van der Waals surface area contributed by atoms with E-state index >= 15 is 0 Å². The first kappa shape index (κ1) is 16.7. The molecule has 1 amide bonds. The van der Waals surface area contributed by atoms with Crippen molar-refractivity contribution < 1.29 is 9.53 Å². The number of amides is 1. The van der Waals surface area contributed by atoms with Crippen molar-refractivity contribution in [1.82, 2.24) is 14.6 Å².